The Balaban J connectivity index is 1.45. The van der Waals surface area contributed by atoms with Crippen LogP contribution in [-0.2, 0) is 4.74 Å². The first-order chi connectivity index (χ1) is 15.4. The van der Waals surface area contributed by atoms with Crippen LogP contribution in [0.3, 0.4) is 0 Å². The third-order valence-electron chi connectivity index (χ3n) is 11.9. The third kappa shape index (κ3) is 3.39. The molecule has 33 heavy (non-hydrogen) atoms. The lowest BCUT2D eigenvalue weighted by atomic mass is 9.44. The van der Waals surface area contributed by atoms with Crippen molar-refractivity contribution >= 4 is 0 Å². The fraction of sp³-hybridized carbons (Fsp3) is 0.867. The van der Waals surface area contributed by atoms with E-state index in [1.54, 1.807) is 5.57 Å². The fourth-order valence-corrected chi connectivity index (χ4v) is 9.78. The Morgan fingerprint density at radius 3 is 2.45 bits per heavy atom. The molecule has 0 radical (unpaired) electrons. The Morgan fingerprint density at radius 2 is 1.76 bits per heavy atom. The Morgan fingerprint density at radius 1 is 1.03 bits per heavy atom. The molecule has 0 aromatic carbocycles. The van der Waals surface area contributed by atoms with Gasteiger partial charge in [-0.05, 0) is 105 Å². The van der Waals surface area contributed by atoms with Gasteiger partial charge in [0, 0.05) is 5.92 Å². The van der Waals surface area contributed by atoms with Crippen LogP contribution in [0.25, 0.3) is 0 Å². The van der Waals surface area contributed by atoms with E-state index in [4.69, 9.17) is 4.74 Å². The molecule has 0 aromatic heterocycles. The molecule has 1 heterocycles. The topological polar surface area (TPSA) is 49.7 Å². The minimum atomic E-state index is -0.627. The van der Waals surface area contributed by atoms with E-state index in [9.17, 15) is 10.2 Å². The maximum Gasteiger partial charge on any atom is 0.158 e. The van der Waals surface area contributed by atoms with Crippen LogP contribution in [0.4, 0.5) is 0 Å². The summed E-state index contributed by atoms with van der Waals surface area (Å²) in [7, 11) is 0. The molecular formula is C30H48O3. The van der Waals surface area contributed by atoms with Crippen LogP contribution in [0.2, 0.25) is 0 Å². The van der Waals surface area contributed by atoms with Gasteiger partial charge in [0.2, 0.25) is 0 Å². The maximum atomic E-state index is 10.9. The highest BCUT2D eigenvalue weighted by Gasteiger charge is 2.64. The molecule has 3 heteroatoms. The molecule has 186 valence electrons. The summed E-state index contributed by atoms with van der Waals surface area (Å²) in [6, 6.07) is 0. The van der Waals surface area contributed by atoms with Crippen molar-refractivity contribution in [3.63, 3.8) is 0 Å². The molecule has 3 saturated carbocycles. The number of aliphatic hydroxyl groups excluding tert-OH is 2. The van der Waals surface area contributed by atoms with Gasteiger partial charge in [0.25, 0.3) is 0 Å². The van der Waals surface area contributed by atoms with Gasteiger partial charge in [-0.2, -0.15) is 0 Å². The lowest BCUT2D eigenvalue weighted by Gasteiger charge is -2.61. The Hall–Kier alpha value is -0.640. The predicted molar refractivity (Wildman–Crippen MR) is 133 cm³/mol. The van der Waals surface area contributed by atoms with E-state index in [0.717, 1.165) is 19.3 Å². The molecule has 0 spiro atoms. The minimum Gasteiger partial charge on any atom is -0.393 e. The number of aliphatic hydroxyl groups is 2. The van der Waals surface area contributed by atoms with Crippen molar-refractivity contribution in [1.82, 2.24) is 0 Å². The predicted octanol–water partition coefficient (Wildman–Crippen LogP) is 6.50. The second-order valence-corrected chi connectivity index (χ2v) is 13.9. The Labute approximate surface area is 202 Å². The van der Waals surface area contributed by atoms with Crippen molar-refractivity contribution in [2.45, 2.75) is 112 Å². The summed E-state index contributed by atoms with van der Waals surface area (Å²) < 4.78 is 6.02. The quantitative estimate of drug-likeness (QED) is 0.466. The summed E-state index contributed by atoms with van der Waals surface area (Å²) in [4.78, 5) is 0. The van der Waals surface area contributed by atoms with Gasteiger partial charge < -0.3 is 14.9 Å². The SMILES string of the molecule is CC(C)=C[C@H]1C[C@H]([C@@H]2CC[C@]3(C)C4=CC[C@@H]5[C@H]([C@H](C)C[C@H](O)C5(C)C)[C@H]4CC[C@@]23C)[C@H](O)O1. The third-order valence-corrected chi connectivity index (χ3v) is 11.9. The largest absolute Gasteiger partial charge is 0.393 e. The molecule has 5 rings (SSSR count). The normalized spacial score (nSPS) is 53.0. The molecule has 0 unspecified atom stereocenters. The van der Waals surface area contributed by atoms with E-state index in [0.29, 0.717) is 29.6 Å². The summed E-state index contributed by atoms with van der Waals surface area (Å²) in [5.41, 5.74) is 3.47. The van der Waals surface area contributed by atoms with Crippen molar-refractivity contribution in [3.8, 4) is 0 Å². The zero-order valence-corrected chi connectivity index (χ0v) is 22.1. The van der Waals surface area contributed by atoms with E-state index in [-0.39, 0.29) is 34.4 Å². The summed E-state index contributed by atoms with van der Waals surface area (Å²) in [6.07, 6.45) is 12.1. The highest BCUT2D eigenvalue weighted by atomic mass is 16.6. The number of rotatable bonds is 2. The summed E-state index contributed by atoms with van der Waals surface area (Å²) in [5, 5.41) is 21.8. The molecule has 1 aliphatic heterocycles. The average Bonchev–Trinajstić information content (AvgIpc) is 3.21. The van der Waals surface area contributed by atoms with Crippen molar-refractivity contribution in [2.75, 3.05) is 0 Å². The van der Waals surface area contributed by atoms with Crippen molar-refractivity contribution < 1.29 is 14.9 Å². The van der Waals surface area contributed by atoms with Crippen LogP contribution < -0.4 is 0 Å². The van der Waals surface area contributed by atoms with Crippen LogP contribution >= 0.6 is 0 Å². The van der Waals surface area contributed by atoms with E-state index >= 15 is 0 Å². The van der Waals surface area contributed by atoms with Gasteiger partial charge in [-0.1, -0.05) is 57.9 Å². The van der Waals surface area contributed by atoms with Gasteiger partial charge in [0.15, 0.2) is 6.29 Å². The van der Waals surface area contributed by atoms with Crippen molar-refractivity contribution in [3.05, 3.63) is 23.3 Å². The Kier molecular flexibility index (Phi) is 5.79. The summed E-state index contributed by atoms with van der Waals surface area (Å²) >= 11 is 0. The van der Waals surface area contributed by atoms with Crippen LogP contribution in [0.15, 0.2) is 23.3 Å². The first-order valence-electron chi connectivity index (χ1n) is 13.8. The zero-order valence-electron chi connectivity index (χ0n) is 22.1. The van der Waals surface area contributed by atoms with Crippen LogP contribution in [-0.4, -0.2) is 28.7 Å². The molecule has 4 fully saturated rings. The number of ether oxygens (including phenoxy) is 1. The van der Waals surface area contributed by atoms with E-state index in [2.05, 4.69) is 60.6 Å². The van der Waals surface area contributed by atoms with Gasteiger partial charge in [-0.25, -0.2) is 0 Å². The number of allylic oxidation sites excluding steroid dienone is 3. The molecule has 0 bridgehead atoms. The van der Waals surface area contributed by atoms with Crippen LogP contribution in [0, 0.1) is 51.8 Å². The standard InChI is InChI=1S/C30H48O3/c1-17(2)14-19-16-21(27(32)33-19)23-11-13-30(7)22-8-9-24-26(20(22)10-12-29(23,30)6)18(3)15-25(31)28(24,4)5/h8,14,18-21,23-27,31-32H,9-13,15-16H2,1-7H3/t18-,19+,20+,21-,23+,24-,25+,26-,27-,29+,30-/m1/s1. The molecule has 1 saturated heterocycles. The lowest BCUT2D eigenvalue weighted by molar-refractivity contribution is -0.128. The lowest BCUT2D eigenvalue weighted by Crippen LogP contribution is -2.56. The molecule has 4 aliphatic carbocycles. The molecule has 0 amide bonds. The van der Waals surface area contributed by atoms with Gasteiger partial charge in [0.1, 0.15) is 0 Å². The van der Waals surface area contributed by atoms with Crippen molar-refractivity contribution in [1.29, 1.82) is 0 Å². The molecule has 3 nitrogen and oxygen atoms in total. The zero-order chi connectivity index (χ0) is 23.9. The molecule has 0 aromatic rings. The van der Waals surface area contributed by atoms with E-state index in [1.807, 2.05) is 0 Å². The Bertz CT molecular complexity index is 837. The summed E-state index contributed by atoms with van der Waals surface area (Å²) in [5.74, 6) is 3.32. The monoisotopic (exact) mass is 456 g/mol. The minimum absolute atomic E-state index is 0.00427. The van der Waals surface area contributed by atoms with Gasteiger partial charge in [-0.15, -0.1) is 0 Å². The van der Waals surface area contributed by atoms with Crippen LogP contribution in [0.1, 0.15) is 93.4 Å². The van der Waals surface area contributed by atoms with E-state index < -0.39 is 6.29 Å². The van der Waals surface area contributed by atoms with Gasteiger partial charge >= 0.3 is 0 Å². The molecule has 2 N–H and O–H groups in total. The van der Waals surface area contributed by atoms with Crippen molar-refractivity contribution in [2.24, 2.45) is 51.8 Å². The highest BCUT2D eigenvalue weighted by Crippen LogP contribution is 2.72. The fourth-order valence-electron chi connectivity index (χ4n) is 9.78. The highest BCUT2D eigenvalue weighted by molar-refractivity contribution is 5.32. The number of hydrogen-bond acceptors (Lipinski definition) is 3. The number of fused-ring (bicyclic) bond motifs is 5. The van der Waals surface area contributed by atoms with E-state index in [1.165, 1.54) is 31.3 Å². The molecule has 5 aliphatic rings. The maximum absolute atomic E-state index is 10.9. The first kappa shape index (κ1) is 24.1. The summed E-state index contributed by atoms with van der Waals surface area (Å²) in [6.45, 7) is 16.4. The average molecular weight is 457 g/mol. The van der Waals surface area contributed by atoms with Gasteiger partial charge in [-0.3, -0.25) is 0 Å². The molecule has 11 atom stereocenters. The second-order valence-electron chi connectivity index (χ2n) is 13.9. The van der Waals surface area contributed by atoms with Gasteiger partial charge in [0.05, 0.1) is 12.2 Å². The molecular weight excluding hydrogens is 408 g/mol. The first-order valence-corrected chi connectivity index (χ1v) is 13.8. The smallest absolute Gasteiger partial charge is 0.158 e. The number of hydrogen-bond donors (Lipinski definition) is 2. The van der Waals surface area contributed by atoms with Crippen LogP contribution in [0.5, 0.6) is 0 Å². The second kappa shape index (κ2) is 7.93.